The average molecular weight is 245 g/mol. The van der Waals surface area contributed by atoms with Gasteiger partial charge in [-0.15, -0.1) is 11.3 Å². The van der Waals surface area contributed by atoms with Crippen molar-refractivity contribution in [3.05, 3.63) is 58.9 Å². The second-order valence-electron chi connectivity index (χ2n) is 3.37. The zero-order valence-corrected chi connectivity index (χ0v) is 9.78. The lowest BCUT2D eigenvalue weighted by atomic mass is 10.3. The highest BCUT2D eigenvalue weighted by atomic mass is 32.1. The normalized spacial score (nSPS) is 10.6. The van der Waals surface area contributed by atoms with Gasteiger partial charge >= 0.3 is 0 Å². The summed E-state index contributed by atoms with van der Waals surface area (Å²) < 4.78 is 0. The van der Waals surface area contributed by atoms with Crippen LogP contribution in [0.2, 0.25) is 0 Å². The van der Waals surface area contributed by atoms with Crippen molar-refractivity contribution >= 4 is 22.8 Å². The van der Waals surface area contributed by atoms with E-state index in [2.05, 4.69) is 5.32 Å². The molecule has 2 N–H and O–H groups in total. The molecule has 0 aliphatic heterocycles. The summed E-state index contributed by atoms with van der Waals surface area (Å²) in [6, 6.07) is 10.3. The lowest BCUT2D eigenvalue weighted by molar-refractivity contribution is 0.105. The second-order valence-corrected chi connectivity index (χ2v) is 4.31. The summed E-state index contributed by atoms with van der Waals surface area (Å²) >= 11 is 1.42. The van der Waals surface area contributed by atoms with Gasteiger partial charge in [0.15, 0.2) is 5.78 Å². The monoisotopic (exact) mass is 245 g/mol. The predicted molar refractivity (Wildman–Crippen MR) is 69.5 cm³/mol. The summed E-state index contributed by atoms with van der Waals surface area (Å²) in [6.07, 6.45) is 3.08. The number of carbonyl (C=O) groups is 1. The first kappa shape index (κ1) is 11.4. The minimum Gasteiger partial charge on any atom is -0.508 e. The average Bonchev–Trinajstić information content (AvgIpc) is 2.85. The molecule has 0 atom stereocenters. The van der Waals surface area contributed by atoms with Crippen molar-refractivity contribution in [2.75, 3.05) is 5.32 Å². The summed E-state index contributed by atoms with van der Waals surface area (Å²) in [5.41, 5.74) is 0.818. The molecular weight excluding hydrogens is 234 g/mol. The number of benzene rings is 1. The summed E-state index contributed by atoms with van der Waals surface area (Å²) in [5, 5.41) is 13.9. The minimum atomic E-state index is -0.0220. The minimum absolute atomic E-state index is 0.0220. The highest BCUT2D eigenvalue weighted by Crippen LogP contribution is 2.14. The molecule has 4 heteroatoms. The number of rotatable bonds is 4. The molecule has 0 saturated heterocycles. The standard InChI is InChI=1S/C13H11NO2S/c15-11-5-3-10(4-6-11)14-8-7-12(16)13-2-1-9-17-13/h1-9,14-15H/b8-7+. The first-order chi connectivity index (χ1) is 8.25. The second kappa shape index (κ2) is 5.32. The van der Waals surface area contributed by atoms with E-state index in [-0.39, 0.29) is 11.5 Å². The molecule has 0 aliphatic carbocycles. The van der Waals surface area contributed by atoms with Gasteiger partial charge in [-0.3, -0.25) is 4.79 Å². The first-order valence-corrected chi connectivity index (χ1v) is 5.93. The van der Waals surface area contributed by atoms with Gasteiger partial charge in [-0.25, -0.2) is 0 Å². The molecule has 17 heavy (non-hydrogen) atoms. The molecule has 0 amide bonds. The number of anilines is 1. The number of ketones is 1. The number of allylic oxidation sites excluding steroid dienone is 1. The van der Waals surface area contributed by atoms with Crippen molar-refractivity contribution in [2.45, 2.75) is 0 Å². The lowest BCUT2D eigenvalue weighted by Crippen LogP contribution is -1.93. The molecule has 0 unspecified atom stereocenters. The van der Waals surface area contributed by atoms with Crippen LogP contribution in [0, 0.1) is 0 Å². The third kappa shape index (κ3) is 3.19. The Hall–Kier alpha value is -2.07. The number of carbonyl (C=O) groups excluding carboxylic acids is 1. The van der Waals surface area contributed by atoms with Crippen LogP contribution in [-0.2, 0) is 0 Å². The van der Waals surface area contributed by atoms with Crippen LogP contribution in [0.25, 0.3) is 0 Å². The zero-order chi connectivity index (χ0) is 12.1. The van der Waals surface area contributed by atoms with Crippen molar-refractivity contribution in [2.24, 2.45) is 0 Å². The first-order valence-electron chi connectivity index (χ1n) is 5.05. The van der Waals surface area contributed by atoms with Crippen LogP contribution in [0.1, 0.15) is 9.67 Å². The maximum atomic E-state index is 11.6. The lowest BCUT2D eigenvalue weighted by Gasteiger charge is -1.99. The van der Waals surface area contributed by atoms with Gasteiger partial charge in [0.1, 0.15) is 5.75 Å². The van der Waals surface area contributed by atoms with Crippen LogP contribution in [0.3, 0.4) is 0 Å². The van der Waals surface area contributed by atoms with E-state index >= 15 is 0 Å². The Morgan fingerprint density at radius 2 is 2.00 bits per heavy atom. The molecule has 2 rings (SSSR count). The van der Waals surface area contributed by atoms with Gasteiger partial charge in [0.05, 0.1) is 4.88 Å². The molecule has 0 spiro atoms. The predicted octanol–water partition coefficient (Wildman–Crippen LogP) is 3.26. The van der Waals surface area contributed by atoms with Crippen LogP contribution < -0.4 is 5.32 Å². The fourth-order valence-electron chi connectivity index (χ4n) is 1.27. The Balaban J connectivity index is 1.94. The van der Waals surface area contributed by atoms with Gasteiger partial charge in [-0.1, -0.05) is 6.07 Å². The van der Waals surface area contributed by atoms with E-state index in [1.54, 1.807) is 36.5 Å². The van der Waals surface area contributed by atoms with Gasteiger partial charge in [0.2, 0.25) is 0 Å². The molecule has 0 radical (unpaired) electrons. The number of thiophene rings is 1. The zero-order valence-electron chi connectivity index (χ0n) is 8.96. The van der Waals surface area contributed by atoms with Crippen LogP contribution in [0.4, 0.5) is 5.69 Å². The van der Waals surface area contributed by atoms with Crippen molar-refractivity contribution < 1.29 is 9.90 Å². The molecule has 1 aromatic heterocycles. The van der Waals surface area contributed by atoms with E-state index in [1.807, 2.05) is 11.4 Å². The van der Waals surface area contributed by atoms with E-state index in [9.17, 15) is 4.79 Å². The number of hydrogen-bond acceptors (Lipinski definition) is 4. The third-order valence-electron chi connectivity index (χ3n) is 2.12. The molecule has 1 heterocycles. The Labute approximate surface area is 103 Å². The molecule has 2 aromatic rings. The van der Waals surface area contributed by atoms with Crippen LogP contribution in [-0.4, -0.2) is 10.9 Å². The van der Waals surface area contributed by atoms with E-state index in [4.69, 9.17) is 5.11 Å². The summed E-state index contributed by atoms with van der Waals surface area (Å²) in [5.74, 6) is 0.195. The number of phenols is 1. The summed E-state index contributed by atoms with van der Waals surface area (Å²) in [4.78, 5) is 12.3. The topological polar surface area (TPSA) is 49.3 Å². The Morgan fingerprint density at radius 1 is 1.24 bits per heavy atom. The van der Waals surface area contributed by atoms with E-state index < -0.39 is 0 Å². The highest BCUT2D eigenvalue weighted by Gasteiger charge is 2.00. The van der Waals surface area contributed by atoms with Crippen LogP contribution in [0.15, 0.2) is 54.1 Å². The van der Waals surface area contributed by atoms with E-state index in [0.29, 0.717) is 4.88 Å². The van der Waals surface area contributed by atoms with E-state index in [0.717, 1.165) is 5.69 Å². The fourth-order valence-corrected chi connectivity index (χ4v) is 1.92. The summed E-state index contributed by atoms with van der Waals surface area (Å²) in [7, 11) is 0. The van der Waals surface area contributed by atoms with Crippen molar-refractivity contribution in [1.82, 2.24) is 0 Å². The van der Waals surface area contributed by atoms with Gasteiger partial charge in [0, 0.05) is 18.0 Å². The summed E-state index contributed by atoms with van der Waals surface area (Å²) in [6.45, 7) is 0. The molecule has 0 aliphatic rings. The molecular formula is C13H11NO2S. The SMILES string of the molecule is O=C(/C=C/Nc1ccc(O)cc1)c1cccs1. The van der Waals surface area contributed by atoms with E-state index in [1.165, 1.54) is 17.4 Å². The molecule has 0 saturated carbocycles. The Bertz CT molecular complexity index is 515. The third-order valence-corrected chi connectivity index (χ3v) is 3.00. The van der Waals surface area contributed by atoms with Crippen molar-refractivity contribution in [3.63, 3.8) is 0 Å². The van der Waals surface area contributed by atoms with Crippen molar-refractivity contribution in [1.29, 1.82) is 0 Å². The highest BCUT2D eigenvalue weighted by molar-refractivity contribution is 7.12. The van der Waals surface area contributed by atoms with Gasteiger partial charge in [0.25, 0.3) is 0 Å². The molecule has 0 fully saturated rings. The molecule has 3 nitrogen and oxygen atoms in total. The smallest absolute Gasteiger partial charge is 0.197 e. The van der Waals surface area contributed by atoms with Gasteiger partial charge < -0.3 is 10.4 Å². The molecule has 1 aromatic carbocycles. The number of nitrogens with one attached hydrogen (secondary N) is 1. The number of hydrogen-bond donors (Lipinski definition) is 2. The maximum absolute atomic E-state index is 11.6. The fraction of sp³-hybridized carbons (Fsp3) is 0. The number of aromatic hydroxyl groups is 1. The molecule has 86 valence electrons. The van der Waals surface area contributed by atoms with Gasteiger partial charge in [-0.2, -0.15) is 0 Å². The van der Waals surface area contributed by atoms with Crippen molar-refractivity contribution in [3.8, 4) is 5.75 Å². The Morgan fingerprint density at radius 3 is 2.65 bits per heavy atom. The number of phenolic OH excluding ortho intramolecular Hbond substituents is 1. The largest absolute Gasteiger partial charge is 0.508 e. The molecule has 0 bridgehead atoms. The quantitative estimate of drug-likeness (QED) is 0.494. The van der Waals surface area contributed by atoms with Crippen LogP contribution in [0.5, 0.6) is 5.75 Å². The van der Waals surface area contributed by atoms with Gasteiger partial charge in [-0.05, 0) is 35.7 Å². The Kier molecular flexibility index (Phi) is 3.57. The van der Waals surface area contributed by atoms with Crippen LogP contribution >= 0.6 is 11.3 Å². The maximum Gasteiger partial charge on any atom is 0.197 e.